The molecule has 0 saturated carbocycles. The molecule has 1 N–H and O–H groups in total. The third-order valence-electron chi connectivity index (χ3n) is 1.40. The highest BCUT2D eigenvalue weighted by Gasteiger charge is 2.03. The highest BCUT2D eigenvalue weighted by atomic mass is 16.6. The zero-order valence-corrected chi connectivity index (χ0v) is 7.70. The fourth-order valence-electron chi connectivity index (χ4n) is 0.749. The zero-order chi connectivity index (χ0) is 9.56. The Morgan fingerprint density at radius 3 is 2.50 bits per heavy atom. The van der Waals surface area contributed by atoms with Crippen LogP contribution in [0.3, 0.4) is 0 Å². The van der Waals surface area contributed by atoms with E-state index >= 15 is 0 Å². The van der Waals surface area contributed by atoms with Gasteiger partial charge in [-0.05, 0) is 12.3 Å². The van der Waals surface area contributed by atoms with E-state index in [0.717, 1.165) is 12.1 Å². The van der Waals surface area contributed by atoms with Crippen LogP contribution in [0.4, 0.5) is 0 Å². The van der Waals surface area contributed by atoms with E-state index in [1.165, 1.54) is 0 Å². The Morgan fingerprint density at radius 2 is 2.17 bits per heavy atom. The molecule has 0 fully saturated rings. The highest BCUT2D eigenvalue weighted by molar-refractivity contribution is 5.85. The lowest BCUT2D eigenvalue weighted by molar-refractivity contribution is -0.142. The van der Waals surface area contributed by atoms with Gasteiger partial charge in [-0.3, -0.25) is 0 Å². The summed E-state index contributed by atoms with van der Waals surface area (Å²) in [5.74, 6) is -0.693. The molecule has 0 aliphatic heterocycles. The number of rotatable bonds is 5. The molecule has 0 unspecified atom stereocenters. The van der Waals surface area contributed by atoms with Gasteiger partial charge in [-0.15, -0.1) is 0 Å². The van der Waals surface area contributed by atoms with Crippen LogP contribution in [0.15, 0.2) is 5.16 Å². The molecule has 0 bridgehead atoms. The number of oxime groups is 1. The second-order valence-corrected chi connectivity index (χ2v) is 2.76. The molecule has 0 aromatic heterocycles. The third kappa shape index (κ3) is 4.71. The van der Waals surface area contributed by atoms with E-state index in [0.29, 0.717) is 5.92 Å². The van der Waals surface area contributed by atoms with Gasteiger partial charge in [-0.25, -0.2) is 4.79 Å². The average molecular weight is 173 g/mol. The van der Waals surface area contributed by atoms with Crippen LogP contribution in [-0.2, 0) is 9.63 Å². The summed E-state index contributed by atoms with van der Waals surface area (Å²) >= 11 is 0. The molecule has 0 radical (unpaired) electrons. The second kappa shape index (κ2) is 5.57. The summed E-state index contributed by atoms with van der Waals surface area (Å²) in [7, 11) is 0. The van der Waals surface area contributed by atoms with Crippen molar-refractivity contribution in [2.45, 2.75) is 27.2 Å². The predicted octanol–water partition coefficient (Wildman–Crippen LogP) is 1.51. The molecule has 0 spiro atoms. The molecule has 70 valence electrons. The van der Waals surface area contributed by atoms with Crippen LogP contribution in [-0.4, -0.2) is 23.4 Å². The van der Waals surface area contributed by atoms with Gasteiger partial charge in [0.2, 0.25) is 6.61 Å². The van der Waals surface area contributed by atoms with Gasteiger partial charge < -0.3 is 9.94 Å². The average Bonchev–Trinajstić information content (AvgIpc) is 1.96. The smallest absolute Gasteiger partial charge is 0.344 e. The van der Waals surface area contributed by atoms with Gasteiger partial charge >= 0.3 is 5.97 Å². The van der Waals surface area contributed by atoms with E-state index in [9.17, 15) is 4.79 Å². The van der Waals surface area contributed by atoms with Gasteiger partial charge in [-0.2, -0.15) is 0 Å². The molecular formula is C8H15NO3. The lowest BCUT2D eigenvalue weighted by Gasteiger charge is -2.05. The molecule has 0 amide bonds. The van der Waals surface area contributed by atoms with E-state index in [1.807, 2.05) is 20.8 Å². The van der Waals surface area contributed by atoms with Crippen LogP contribution < -0.4 is 0 Å². The molecule has 0 aromatic rings. The van der Waals surface area contributed by atoms with Crippen molar-refractivity contribution in [2.75, 3.05) is 6.61 Å². The Labute approximate surface area is 72.2 Å². The van der Waals surface area contributed by atoms with Crippen molar-refractivity contribution >= 4 is 11.7 Å². The molecule has 0 heterocycles. The molecule has 4 nitrogen and oxygen atoms in total. The third-order valence-corrected chi connectivity index (χ3v) is 1.40. The minimum atomic E-state index is -1.00. The van der Waals surface area contributed by atoms with E-state index in [-0.39, 0.29) is 6.61 Å². The number of nitrogens with zero attached hydrogens (tertiary/aromatic N) is 1. The molecule has 0 rings (SSSR count). The van der Waals surface area contributed by atoms with Crippen molar-refractivity contribution in [3.8, 4) is 0 Å². The van der Waals surface area contributed by atoms with Crippen molar-refractivity contribution in [3.63, 3.8) is 0 Å². The summed E-state index contributed by atoms with van der Waals surface area (Å²) in [5.41, 5.74) is 0.885. The second-order valence-electron chi connectivity index (χ2n) is 2.76. The van der Waals surface area contributed by atoms with Gasteiger partial charge in [-0.1, -0.05) is 25.9 Å². The lowest BCUT2D eigenvalue weighted by atomic mass is 10.1. The maximum atomic E-state index is 10.0. The number of aliphatic carboxylic acids is 1. The Balaban J connectivity index is 3.86. The van der Waals surface area contributed by atoms with Gasteiger partial charge in [0.1, 0.15) is 0 Å². The maximum Gasteiger partial charge on any atom is 0.344 e. The van der Waals surface area contributed by atoms with E-state index in [4.69, 9.17) is 5.11 Å². The number of carbonyl (C=O) groups is 1. The highest BCUT2D eigenvalue weighted by Crippen LogP contribution is 2.01. The standard InChI is InChI=1S/C8H15NO3/c1-4-7(6(2)3)9-12-5-8(10)11/h6H,4-5H2,1-3H3,(H,10,11). The van der Waals surface area contributed by atoms with Crippen LogP contribution in [0.25, 0.3) is 0 Å². The Kier molecular flexibility index (Phi) is 5.08. The number of carboxylic acid groups (broad SMARTS) is 1. The SMILES string of the molecule is CCC(=NOCC(=O)O)C(C)C. The molecule has 0 atom stereocenters. The topological polar surface area (TPSA) is 58.9 Å². The van der Waals surface area contributed by atoms with Gasteiger partial charge in [0.05, 0.1) is 5.71 Å². The van der Waals surface area contributed by atoms with Crippen molar-refractivity contribution in [1.82, 2.24) is 0 Å². The summed E-state index contributed by atoms with van der Waals surface area (Å²) in [5, 5.41) is 12.0. The first-order chi connectivity index (χ1) is 5.57. The number of carboxylic acids is 1. The predicted molar refractivity (Wildman–Crippen MR) is 46.2 cm³/mol. The largest absolute Gasteiger partial charge is 0.479 e. The van der Waals surface area contributed by atoms with E-state index in [1.54, 1.807) is 0 Å². The Hall–Kier alpha value is -1.06. The molecule has 0 saturated heterocycles. The van der Waals surface area contributed by atoms with Crippen molar-refractivity contribution in [2.24, 2.45) is 11.1 Å². The molecule has 12 heavy (non-hydrogen) atoms. The maximum absolute atomic E-state index is 10.0. The van der Waals surface area contributed by atoms with Crippen molar-refractivity contribution in [1.29, 1.82) is 0 Å². The normalized spacial score (nSPS) is 11.8. The van der Waals surface area contributed by atoms with Crippen LogP contribution in [0.1, 0.15) is 27.2 Å². The first-order valence-corrected chi connectivity index (χ1v) is 3.98. The molecule has 0 aromatic carbocycles. The summed E-state index contributed by atoms with van der Waals surface area (Å²) in [4.78, 5) is 14.6. The summed E-state index contributed by atoms with van der Waals surface area (Å²) < 4.78 is 0. The molecule has 0 aliphatic rings. The minimum Gasteiger partial charge on any atom is -0.479 e. The molecular weight excluding hydrogens is 158 g/mol. The summed E-state index contributed by atoms with van der Waals surface area (Å²) in [6.45, 7) is 5.58. The number of hydrogen-bond donors (Lipinski definition) is 1. The zero-order valence-electron chi connectivity index (χ0n) is 7.70. The van der Waals surface area contributed by atoms with Gasteiger partial charge in [0.15, 0.2) is 0 Å². The van der Waals surface area contributed by atoms with Crippen LogP contribution in [0.2, 0.25) is 0 Å². The first-order valence-electron chi connectivity index (χ1n) is 3.98. The van der Waals surface area contributed by atoms with Gasteiger partial charge in [0, 0.05) is 0 Å². The Morgan fingerprint density at radius 1 is 1.58 bits per heavy atom. The first kappa shape index (κ1) is 10.9. The lowest BCUT2D eigenvalue weighted by Crippen LogP contribution is -2.09. The van der Waals surface area contributed by atoms with E-state index < -0.39 is 5.97 Å². The Bertz CT molecular complexity index is 175. The fourth-order valence-corrected chi connectivity index (χ4v) is 0.749. The minimum absolute atomic E-state index is 0.309. The van der Waals surface area contributed by atoms with Crippen LogP contribution >= 0.6 is 0 Å². The summed E-state index contributed by atoms with van der Waals surface area (Å²) in [6.07, 6.45) is 0.789. The van der Waals surface area contributed by atoms with Gasteiger partial charge in [0.25, 0.3) is 0 Å². The van der Waals surface area contributed by atoms with E-state index in [2.05, 4.69) is 9.99 Å². The van der Waals surface area contributed by atoms with Crippen LogP contribution in [0, 0.1) is 5.92 Å². The van der Waals surface area contributed by atoms with Crippen LogP contribution in [0.5, 0.6) is 0 Å². The molecule has 0 aliphatic carbocycles. The summed E-state index contributed by atoms with van der Waals surface area (Å²) in [6, 6.07) is 0. The van der Waals surface area contributed by atoms with Crippen molar-refractivity contribution in [3.05, 3.63) is 0 Å². The van der Waals surface area contributed by atoms with Crippen molar-refractivity contribution < 1.29 is 14.7 Å². The fraction of sp³-hybridized carbons (Fsp3) is 0.750. The monoisotopic (exact) mass is 173 g/mol. The quantitative estimate of drug-likeness (QED) is 0.506. The number of hydrogen-bond acceptors (Lipinski definition) is 3. The molecule has 4 heteroatoms.